The number of methoxy groups -OCH3 is 2. The lowest BCUT2D eigenvalue weighted by atomic mass is 10.1. The van der Waals surface area contributed by atoms with Gasteiger partial charge in [-0.2, -0.15) is 9.50 Å². The summed E-state index contributed by atoms with van der Waals surface area (Å²) in [6.07, 6.45) is 0. The van der Waals surface area contributed by atoms with E-state index in [-0.39, 0.29) is 11.9 Å². The van der Waals surface area contributed by atoms with Crippen molar-refractivity contribution in [2.75, 3.05) is 19.5 Å². The Balaban J connectivity index is 1.73. The number of ether oxygens (including phenoxy) is 2. The molecule has 0 aliphatic rings. The van der Waals surface area contributed by atoms with Crippen molar-refractivity contribution in [2.24, 2.45) is 0 Å². The minimum atomic E-state index is -0.324. The van der Waals surface area contributed by atoms with Gasteiger partial charge in [0.1, 0.15) is 5.75 Å². The lowest BCUT2D eigenvalue weighted by Gasteiger charge is -2.06. The first kappa shape index (κ1) is 17.5. The summed E-state index contributed by atoms with van der Waals surface area (Å²) in [5, 5.41) is 7.13. The number of hydrogen-bond acceptors (Lipinski definition) is 5. The molecule has 2 aromatic carbocycles. The predicted octanol–water partition coefficient (Wildman–Crippen LogP) is 3.67. The molecule has 0 atom stereocenters. The van der Waals surface area contributed by atoms with Crippen molar-refractivity contribution in [3.8, 4) is 22.8 Å². The number of hydrogen-bond donors (Lipinski definition) is 1. The van der Waals surface area contributed by atoms with Crippen LogP contribution in [0.1, 0.15) is 10.4 Å². The molecule has 1 amide bonds. The van der Waals surface area contributed by atoms with Gasteiger partial charge in [0.15, 0.2) is 5.65 Å². The van der Waals surface area contributed by atoms with Crippen molar-refractivity contribution in [3.05, 3.63) is 72.3 Å². The summed E-state index contributed by atoms with van der Waals surface area (Å²) in [5.74, 6) is 0.984. The minimum absolute atomic E-state index is 0.189. The van der Waals surface area contributed by atoms with E-state index in [0.717, 1.165) is 11.1 Å². The topological polar surface area (TPSA) is 77.8 Å². The molecule has 2 aromatic heterocycles. The van der Waals surface area contributed by atoms with Crippen LogP contribution in [-0.2, 0) is 0 Å². The van der Waals surface area contributed by atoms with Crippen LogP contribution in [0.15, 0.2) is 66.7 Å². The number of nitrogens with zero attached hydrogens (tertiary/aromatic N) is 3. The highest BCUT2D eigenvalue weighted by molar-refractivity contribution is 6.03. The van der Waals surface area contributed by atoms with E-state index in [4.69, 9.17) is 9.47 Å². The summed E-state index contributed by atoms with van der Waals surface area (Å²) in [6.45, 7) is 0. The molecule has 0 fully saturated rings. The fourth-order valence-electron chi connectivity index (χ4n) is 2.93. The molecule has 0 unspecified atom stereocenters. The van der Waals surface area contributed by atoms with Crippen molar-refractivity contribution in [2.45, 2.75) is 0 Å². The molecule has 0 saturated heterocycles. The second-order valence-corrected chi connectivity index (χ2v) is 6.01. The summed E-state index contributed by atoms with van der Waals surface area (Å²) in [6, 6.07) is 20.5. The fourth-order valence-corrected chi connectivity index (χ4v) is 2.93. The summed E-state index contributed by atoms with van der Waals surface area (Å²) in [4.78, 5) is 17.1. The Kier molecular flexibility index (Phi) is 4.63. The van der Waals surface area contributed by atoms with E-state index in [9.17, 15) is 4.79 Å². The van der Waals surface area contributed by atoms with Crippen LogP contribution in [0.25, 0.3) is 16.8 Å². The third kappa shape index (κ3) is 3.25. The number of fused-ring (bicyclic) bond motifs is 1. The number of benzene rings is 2. The van der Waals surface area contributed by atoms with Crippen molar-refractivity contribution in [1.29, 1.82) is 0 Å². The highest BCUT2D eigenvalue weighted by Crippen LogP contribution is 2.27. The van der Waals surface area contributed by atoms with Crippen LogP contribution in [0.3, 0.4) is 0 Å². The molecular weight excluding hydrogens is 356 g/mol. The van der Waals surface area contributed by atoms with Crippen LogP contribution in [0.5, 0.6) is 11.6 Å². The van der Waals surface area contributed by atoms with Crippen molar-refractivity contribution in [1.82, 2.24) is 14.6 Å². The first-order chi connectivity index (χ1) is 13.7. The zero-order valence-corrected chi connectivity index (χ0v) is 15.4. The largest absolute Gasteiger partial charge is 0.497 e. The van der Waals surface area contributed by atoms with E-state index < -0.39 is 0 Å². The van der Waals surface area contributed by atoms with Crippen molar-refractivity contribution < 1.29 is 14.3 Å². The quantitative estimate of drug-likeness (QED) is 0.577. The Morgan fingerprint density at radius 3 is 2.54 bits per heavy atom. The van der Waals surface area contributed by atoms with Gasteiger partial charge in [0.2, 0.25) is 11.8 Å². The van der Waals surface area contributed by atoms with Crippen molar-refractivity contribution in [3.63, 3.8) is 0 Å². The third-order valence-corrected chi connectivity index (χ3v) is 4.30. The monoisotopic (exact) mass is 374 g/mol. The van der Waals surface area contributed by atoms with Gasteiger partial charge in [0.05, 0.1) is 14.2 Å². The molecule has 0 aliphatic heterocycles. The third-order valence-electron chi connectivity index (χ3n) is 4.30. The average Bonchev–Trinajstić information content (AvgIpc) is 3.17. The van der Waals surface area contributed by atoms with Crippen LogP contribution in [0.4, 0.5) is 5.95 Å². The van der Waals surface area contributed by atoms with Crippen LogP contribution < -0.4 is 14.8 Å². The van der Waals surface area contributed by atoms with Gasteiger partial charge in [-0.05, 0) is 29.8 Å². The maximum absolute atomic E-state index is 12.6. The lowest BCUT2D eigenvalue weighted by Crippen LogP contribution is -2.13. The molecule has 0 radical (unpaired) electrons. The summed E-state index contributed by atoms with van der Waals surface area (Å²) >= 11 is 0. The molecule has 28 heavy (non-hydrogen) atoms. The molecule has 0 aliphatic carbocycles. The average molecular weight is 374 g/mol. The molecule has 140 valence electrons. The van der Waals surface area contributed by atoms with E-state index in [1.54, 1.807) is 43.0 Å². The molecule has 4 rings (SSSR count). The van der Waals surface area contributed by atoms with Crippen LogP contribution >= 0.6 is 0 Å². The highest BCUT2D eigenvalue weighted by atomic mass is 16.5. The first-order valence-corrected chi connectivity index (χ1v) is 8.64. The zero-order valence-electron chi connectivity index (χ0n) is 15.4. The number of anilines is 1. The zero-order chi connectivity index (χ0) is 19.5. The summed E-state index contributed by atoms with van der Waals surface area (Å²) < 4.78 is 12.1. The van der Waals surface area contributed by atoms with E-state index in [1.807, 2.05) is 42.5 Å². The Morgan fingerprint density at radius 2 is 1.79 bits per heavy atom. The fraction of sp³-hybridized carbons (Fsp3) is 0.0952. The van der Waals surface area contributed by atoms with Gasteiger partial charge in [-0.1, -0.05) is 36.4 Å². The SMILES string of the molecule is COc1cccc(C(=O)Nc2nc3c(-c4ccccc4)ccc(OC)n3n2)c1. The van der Waals surface area contributed by atoms with Crippen LogP contribution in [-0.4, -0.2) is 34.7 Å². The molecule has 7 heteroatoms. The molecule has 4 aromatic rings. The standard InChI is InChI=1S/C21H18N4O3/c1-27-16-10-6-9-15(13-16)20(26)23-21-22-19-17(14-7-4-3-5-8-14)11-12-18(28-2)25(19)24-21/h3-13H,1-2H3,(H,23,24,26). The van der Waals surface area contributed by atoms with Gasteiger partial charge in [-0.25, -0.2) is 0 Å². The van der Waals surface area contributed by atoms with Gasteiger partial charge in [-0.3, -0.25) is 10.1 Å². The first-order valence-electron chi connectivity index (χ1n) is 8.64. The predicted molar refractivity (Wildman–Crippen MR) is 106 cm³/mol. The number of rotatable bonds is 5. The lowest BCUT2D eigenvalue weighted by molar-refractivity contribution is 0.102. The number of pyridine rings is 1. The Morgan fingerprint density at radius 1 is 0.964 bits per heavy atom. The normalized spacial score (nSPS) is 10.6. The maximum atomic E-state index is 12.6. The second kappa shape index (κ2) is 7.40. The smallest absolute Gasteiger partial charge is 0.258 e. The molecular formula is C21H18N4O3. The Bertz CT molecular complexity index is 1140. The number of carbonyl (C=O) groups is 1. The molecule has 1 N–H and O–H groups in total. The van der Waals surface area contributed by atoms with Gasteiger partial charge in [0, 0.05) is 17.2 Å². The van der Waals surface area contributed by atoms with Gasteiger partial charge in [0.25, 0.3) is 5.91 Å². The van der Waals surface area contributed by atoms with E-state index in [2.05, 4.69) is 15.4 Å². The summed E-state index contributed by atoms with van der Waals surface area (Å²) in [5.41, 5.74) is 2.92. The Hall–Kier alpha value is -3.87. The van der Waals surface area contributed by atoms with Gasteiger partial charge in [-0.15, -0.1) is 5.10 Å². The number of carbonyl (C=O) groups excluding carboxylic acids is 1. The summed E-state index contributed by atoms with van der Waals surface area (Å²) in [7, 11) is 3.12. The number of nitrogens with one attached hydrogen (secondary N) is 1. The number of amides is 1. The van der Waals surface area contributed by atoms with Crippen LogP contribution in [0.2, 0.25) is 0 Å². The van der Waals surface area contributed by atoms with Crippen LogP contribution in [0, 0.1) is 0 Å². The van der Waals surface area contributed by atoms with Gasteiger partial charge >= 0.3 is 0 Å². The molecule has 0 bridgehead atoms. The maximum Gasteiger partial charge on any atom is 0.258 e. The molecule has 0 spiro atoms. The van der Waals surface area contributed by atoms with E-state index in [0.29, 0.717) is 22.8 Å². The minimum Gasteiger partial charge on any atom is -0.497 e. The second-order valence-electron chi connectivity index (χ2n) is 6.01. The number of aromatic nitrogens is 3. The van der Waals surface area contributed by atoms with Crippen molar-refractivity contribution >= 4 is 17.5 Å². The highest BCUT2D eigenvalue weighted by Gasteiger charge is 2.16. The van der Waals surface area contributed by atoms with E-state index >= 15 is 0 Å². The molecule has 2 heterocycles. The van der Waals surface area contributed by atoms with Gasteiger partial charge < -0.3 is 9.47 Å². The Labute approximate surface area is 161 Å². The van der Waals surface area contributed by atoms with E-state index in [1.165, 1.54) is 0 Å². The molecule has 7 nitrogen and oxygen atoms in total. The molecule has 0 saturated carbocycles.